The summed E-state index contributed by atoms with van der Waals surface area (Å²) in [5.41, 5.74) is -2.31. The van der Waals surface area contributed by atoms with E-state index in [1.165, 1.54) is 40.5 Å². The Balaban J connectivity index is 0. The van der Waals surface area contributed by atoms with Crippen LogP contribution in [0.4, 0.5) is 13.2 Å². The second kappa shape index (κ2) is 8.77. The van der Waals surface area contributed by atoms with Crippen molar-refractivity contribution in [3.63, 3.8) is 0 Å². The zero-order valence-corrected chi connectivity index (χ0v) is 18.1. The number of hydrogen-bond donors (Lipinski definition) is 0. The predicted molar refractivity (Wildman–Crippen MR) is 98.4 cm³/mol. The number of halogens is 3. The van der Waals surface area contributed by atoms with E-state index in [9.17, 15) is 18.0 Å². The molecule has 25 heavy (non-hydrogen) atoms. The van der Waals surface area contributed by atoms with E-state index < -0.39 is 23.2 Å². The number of ether oxygens (including phenoxy) is 1. The first-order valence-corrected chi connectivity index (χ1v) is 9.01. The van der Waals surface area contributed by atoms with Gasteiger partial charge in [0.2, 0.25) is 0 Å². The summed E-state index contributed by atoms with van der Waals surface area (Å²) in [4.78, 5) is 11.4. The molecule has 5 heteroatoms. The smallest absolute Gasteiger partial charge is 0.404 e. The Kier molecular flexibility index (Phi) is 9.29. The van der Waals surface area contributed by atoms with Crippen molar-refractivity contribution in [2.75, 3.05) is 0 Å². The average Bonchev–Trinajstić information content (AvgIpc) is 2.32. The van der Waals surface area contributed by atoms with E-state index in [0.29, 0.717) is 10.8 Å². The predicted octanol–water partition coefficient (Wildman–Crippen LogP) is 7.17. The highest BCUT2D eigenvalue weighted by atomic mass is 19.4. The van der Waals surface area contributed by atoms with Crippen molar-refractivity contribution in [1.29, 1.82) is 0 Å². The molecule has 1 atom stereocenters. The van der Waals surface area contributed by atoms with Crippen LogP contribution >= 0.6 is 0 Å². The summed E-state index contributed by atoms with van der Waals surface area (Å²) in [6.07, 6.45) is -2.31. The van der Waals surface area contributed by atoms with Gasteiger partial charge in [-0.3, -0.25) is 4.79 Å². The van der Waals surface area contributed by atoms with Gasteiger partial charge >= 0.3 is 12.1 Å². The van der Waals surface area contributed by atoms with Crippen molar-refractivity contribution in [2.45, 2.75) is 107 Å². The van der Waals surface area contributed by atoms with E-state index >= 15 is 0 Å². The van der Waals surface area contributed by atoms with Crippen LogP contribution in [0.1, 0.15) is 95.4 Å². The molecule has 0 bridgehead atoms. The van der Waals surface area contributed by atoms with Gasteiger partial charge in [0, 0.05) is 0 Å². The number of carbonyl (C=O) groups excluding carboxylic acids is 1. The minimum absolute atomic E-state index is 0.328. The molecular formula is C20H39F3O2. The largest absolute Gasteiger partial charge is 0.459 e. The summed E-state index contributed by atoms with van der Waals surface area (Å²) in [6, 6.07) is 0. The lowest BCUT2D eigenvalue weighted by Gasteiger charge is -2.32. The molecule has 0 N–H and O–H groups in total. The van der Waals surface area contributed by atoms with Crippen molar-refractivity contribution in [2.24, 2.45) is 16.2 Å². The Labute approximate surface area is 152 Å². The van der Waals surface area contributed by atoms with Gasteiger partial charge in [0.1, 0.15) is 5.60 Å². The minimum atomic E-state index is -4.58. The van der Waals surface area contributed by atoms with Crippen molar-refractivity contribution >= 4 is 5.97 Å². The lowest BCUT2D eigenvalue weighted by atomic mass is 9.75. The quantitative estimate of drug-likeness (QED) is 0.492. The van der Waals surface area contributed by atoms with Crippen LogP contribution in [0.25, 0.3) is 0 Å². The third-order valence-electron chi connectivity index (χ3n) is 4.15. The molecule has 0 saturated carbocycles. The number of esters is 1. The van der Waals surface area contributed by atoms with Crippen LogP contribution in [0.2, 0.25) is 0 Å². The second-order valence-electron chi connectivity index (χ2n) is 9.94. The topological polar surface area (TPSA) is 26.3 Å². The molecule has 0 rings (SSSR count). The van der Waals surface area contributed by atoms with Gasteiger partial charge in [-0.05, 0) is 51.4 Å². The van der Waals surface area contributed by atoms with Gasteiger partial charge in [-0.15, -0.1) is 0 Å². The second-order valence-corrected chi connectivity index (χ2v) is 9.94. The zero-order chi connectivity index (χ0) is 20.9. The molecule has 0 aromatic heterocycles. The summed E-state index contributed by atoms with van der Waals surface area (Å²) in [7, 11) is 0. The highest BCUT2D eigenvalue weighted by molar-refractivity contribution is 5.77. The third-order valence-corrected chi connectivity index (χ3v) is 4.15. The lowest BCUT2D eigenvalue weighted by molar-refractivity contribution is -0.236. The minimum Gasteiger partial charge on any atom is -0.459 e. The molecule has 0 aliphatic carbocycles. The first kappa shape index (κ1) is 26.5. The van der Waals surface area contributed by atoms with E-state index in [1.54, 1.807) is 0 Å². The fourth-order valence-corrected chi connectivity index (χ4v) is 2.41. The molecule has 152 valence electrons. The van der Waals surface area contributed by atoms with Crippen molar-refractivity contribution in [3.05, 3.63) is 0 Å². The molecule has 0 amide bonds. The van der Waals surface area contributed by atoms with Gasteiger partial charge < -0.3 is 4.74 Å². The van der Waals surface area contributed by atoms with Crippen LogP contribution in [-0.2, 0) is 9.53 Å². The maximum Gasteiger partial charge on any atom is 0.404 e. The molecular weight excluding hydrogens is 329 g/mol. The van der Waals surface area contributed by atoms with Crippen LogP contribution in [0, 0.1) is 16.2 Å². The fraction of sp³-hybridized carbons (Fsp3) is 0.950. The molecule has 0 heterocycles. The Bertz CT molecular complexity index is 412. The summed E-state index contributed by atoms with van der Waals surface area (Å²) in [5, 5.41) is 0. The van der Waals surface area contributed by atoms with E-state index in [4.69, 9.17) is 4.74 Å². The molecule has 1 unspecified atom stereocenters. The molecule has 0 spiro atoms. The van der Waals surface area contributed by atoms with E-state index in [-0.39, 0.29) is 6.42 Å². The Morgan fingerprint density at radius 1 is 0.800 bits per heavy atom. The third kappa shape index (κ3) is 10.8. The molecule has 0 aromatic rings. The SMILES string of the molecule is CCC(C)(C(=O)OC(C)(C)C)C(F)(F)F.CCC(C)(C)CC(C)(C)C. The van der Waals surface area contributed by atoms with Gasteiger partial charge in [0.15, 0.2) is 5.41 Å². The maximum atomic E-state index is 12.6. The summed E-state index contributed by atoms with van der Waals surface area (Å²) in [6.45, 7) is 20.7. The summed E-state index contributed by atoms with van der Waals surface area (Å²) >= 11 is 0. The van der Waals surface area contributed by atoms with Crippen molar-refractivity contribution < 1.29 is 22.7 Å². The van der Waals surface area contributed by atoms with E-state index in [1.807, 2.05) is 0 Å². The number of alkyl halides is 3. The van der Waals surface area contributed by atoms with Crippen LogP contribution in [0.3, 0.4) is 0 Å². The van der Waals surface area contributed by atoms with Crippen LogP contribution in [-0.4, -0.2) is 17.7 Å². The number of hydrogen-bond acceptors (Lipinski definition) is 2. The molecule has 2 nitrogen and oxygen atoms in total. The van der Waals surface area contributed by atoms with Gasteiger partial charge in [0.25, 0.3) is 0 Å². The fourth-order valence-electron chi connectivity index (χ4n) is 2.41. The molecule has 0 aliphatic rings. The summed E-state index contributed by atoms with van der Waals surface area (Å²) in [5.74, 6) is -1.22. The van der Waals surface area contributed by atoms with Gasteiger partial charge in [-0.2, -0.15) is 13.2 Å². The standard InChI is InChI=1S/C10H17F3O2.C10H22/c1-6-9(5,10(11,12)13)7(14)15-8(2,3)4;1-7-10(5,6)8-9(2,3)4/h6H2,1-5H3;7-8H2,1-6H3. The Morgan fingerprint density at radius 2 is 1.20 bits per heavy atom. The average molecular weight is 369 g/mol. The summed E-state index contributed by atoms with van der Waals surface area (Å²) < 4.78 is 42.6. The van der Waals surface area contributed by atoms with Crippen LogP contribution in [0.15, 0.2) is 0 Å². The first-order chi connectivity index (χ1) is 10.7. The molecule has 0 fully saturated rings. The number of rotatable bonds is 4. The Hall–Kier alpha value is -0.740. The first-order valence-electron chi connectivity index (χ1n) is 9.01. The van der Waals surface area contributed by atoms with E-state index in [0.717, 1.165) is 6.92 Å². The normalized spacial score (nSPS) is 15.8. The maximum absolute atomic E-state index is 12.6. The van der Waals surface area contributed by atoms with Crippen LogP contribution in [0.5, 0.6) is 0 Å². The highest BCUT2D eigenvalue weighted by Crippen LogP contribution is 2.42. The highest BCUT2D eigenvalue weighted by Gasteiger charge is 2.57. The van der Waals surface area contributed by atoms with Gasteiger partial charge in [-0.1, -0.05) is 54.9 Å². The monoisotopic (exact) mass is 368 g/mol. The molecule has 0 aliphatic heterocycles. The lowest BCUT2D eigenvalue weighted by Crippen LogP contribution is -2.45. The zero-order valence-electron chi connectivity index (χ0n) is 18.1. The van der Waals surface area contributed by atoms with Crippen molar-refractivity contribution in [1.82, 2.24) is 0 Å². The number of carbonyl (C=O) groups is 1. The van der Waals surface area contributed by atoms with Crippen LogP contribution < -0.4 is 0 Å². The van der Waals surface area contributed by atoms with Crippen molar-refractivity contribution in [3.8, 4) is 0 Å². The molecule has 0 aromatic carbocycles. The Morgan fingerprint density at radius 3 is 1.36 bits per heavy atom. The molecule has 0 saturated heterocycles. The van der Waals surface area contributed by atoms with E-state index in [2.05, 4.69) is 41.5 Å². The molecule has 0 radical (unpaired) electrons. The van der Waals surface area contributed by atoms with Gasteiger partial charge in [0.05, 0.1) is 0 Å². The van der Waals surface area contributed by atoms with Gasteiger partial charge in [-0.25, -0.2) is 0 Å².